The van der Waals surface area contributed by atoms with Crippen LogP contribution in [0.2, 0.25) is 0 Å². The highest BCUT2D eigenvalue weighted by molar-refractivity contribution is 6.07. The fourth-order valence-electron chi connectivity index (χ4n) is 4.60. The summed E-state index contributed by atoms with van der Waals surface area (Å²) in [5, 5.41) is 3.21. The molecule has 0 saturated carbocycles. The SMILES string of the molecule is CN(C)CCN1C(=O)[C@@H]2CN(Cc3ccccc3)C[C@]2(C)NC(=O)c2ccccc21. The van der Waals surface area contributed by atoms with Gasteiger partial charge in [0.15, 0.2) is 0 Å². The number of amides is 2. The number of fused-ring (bicyclic) bond motifs is 2. The number of benzene rings is 2. The van der Waals surface area contributed by atoms with E-state index in [1.807, 2.05) is 62.3 Å². The van der Waals surface area contributed by atoms with Crippen molar-refractivity contribution in [1.29, 1.82) is 0 Å². The van der Waals surface area contributed by atoms with Crippen LogP contribution in [0, 0.1) is 5.92 Å². The van der Waals surface area contributed by atoms with Crippen LogP contribution in [0.1, 0.15) is 22.8 Å². The molecule has 30 heavy (non-hydrogen) atoms. The van der Waals surface area contributed by atoms with E-state index in [4.69, 9.17) is 0 Å². The van der Waals surface area contributed by atoms with Crippen molar-refractivity contribution in [3.8, 4) is 0 Å². The quantitative estimate of drug-likeness (QED) is 0.827. The van der Waals surface area contributed by atoms with E-state index in [1.165, 1.54) is 5.56 Å². The topological polar surface area (TPSA) is 55.9 Å². The van der Waals surface area contributed by atoms with Gasteiger partial charge in [-0.05, 0) is 38.7 Å². The van der Waals surface area contributed by atoms with Gasteiger partial charge in [0.2, 0.25) is 5.91 Å². The molecule has 1 fully saturated rings. The van der Waals surface area contributed by atoms with Gasteiger partial charge in [-0.1, -0.05) is 42.5 Å². The lowest BCUT2D eigenvalue weighted by Gasteiger charge is -2.38. The molecular weight excluding hydrogens is 376 g/mol. The third kappa shape index (κ3) is 3.98. The number of carbonyl (C=O) groups excluding carboxylic acids is 2. The second kappa shape index (κ2) is 8.20. The van der Waals surface area contributed by atoms with Crippen molar-refractivity contribution < 1.29 is 9.59 Å². The van der Waals surface area contributed by atoms with Gasteiger partial charge in [0.05, 0.1) is 22.7 Å². The number of hydrogen-bond donors (Lipinski definition) is 1. The van der Waals surface area contributed by atoms with Crippen molar-refractivity contribution >= 4 is 17.5 Å². The van der Waals surface area contributed by atoms with E-state index in [2.05, 4.69) is 27.2 Å². The molecule has 6 heteroatoms. The zero-order valence-electron chi connectivity index (χ0n) is 18.0. The summed E-state index contributed by atoms with van der Waals surface area (Å²) in [6, 6.07) is 17.7. The van der Waals surface area contributed by atoms with Crippen molar-refractivity contribution in [3.05, 3.63) is 65.7 Å². The van der Waals surface area contributed by atoms with Gasteiger partial charge in [-0.2, -0.15) is 0 Å². The molecule has 1 saturated heterocycles. The van der Waals surface area contributed by atoms with Crippen LogP contribution in [0.4, 0.5) is 5.69 Å². The lowest BCUT2D eigenvalue weighted by Crippen LogP contribution is -2.59. The minimum Gasteiger partial charge on any atom is -0.345 e. The Morgan fingerprint density at radius 1 is 1.07 bits per heavy atom. The van der Waals surface area contributed by atoms with Crippen molar-refractivity contribution in [3.63, 3.8) is 0 Å². The Morgan fingerprint density at radius 3 is 2.50 bits per heavy atom. The predicted molar refractivity (Wildman–Crippen MR) is 118 cm³/mol. The fourth-order valence-corrected chi connectivity index (χ4v) is 4.60. The van der Waals surface area contributed by atoms with E-state index >= 15 is 0 Å². The maximum Gasteiger partial charge on any atom is 0.253 e. The van der Waals surface area contributed by atoms with Gasteiger partial charge in [0.1, 0.15) is 0 Å². The molecule has 0 aromatic heterocycles. The molecule has 2 aliphatic rings. The van der Waals surface area contributed by atoms with Gasteiger partial charge >= 0.3 is 0 Å². The van der Waals surface area contributed by atoms with Gasteiger partial charge in [0, 0.05) is 32.7 Å². The molecule has 2 heterocycles. The molecule has 0 unspecified atom stereocenters. The number of hydrogen-bond acceptors (Lipinski definition) is 4. The van der Waals surface area contributed by atoms with Crippen LogP contribution in [-0.4, -0.2) is 67.4 Å². The first-order valence-corrected chi connectivity index (χ1v) is 10.5. The molecule has 158 valence electrons. The molecule has 0 bridgehead atoms. The van der Waals surface area contributed by atoms with E-state index in [1.54, 1.807) is 6.07 Å². The first-order valence-electron chi connectivity index (χ1n) is 10.5. The average Bonchev–Trinajstić information content (AvgIpc) is 3.03. The highest BCUT2D eigenvalue weighted by atomic mass is 16.2. The first-order chi connectivity index (χ1) is 14.4. The Labute approximate surface area is 178 Å². The monoisotopic (exact) mass is 406 g/mol. The lowest BCUT2D eigenvalue weighted by molar-refractivity contribution is -0.123. The summed E-state index contributed by atoms with van der Waals surface area (Å²) in [7, 11) is 3.99. The number of likely N-dealkylation sites (tertiary alicyclic amines) is 1. The number of nitrogens with one attached hydrogen (secondary N) is 1. The summed E-state index contributed by atoms with van der Waals surface area (Å²) in [6.07, 6.45) is 0. The van der Waals surface area contributed by atoms with Crippen molar-refractivity contribution in [2.75, 3.05) is 45.2 Å². The molecule has 2 aromatic carbocycles. The molecule has 1 N–H and O–H groups in total. The number of likely N-dealkylation sites (N-methyl/N-ethyl adjacent to an activating group) is 1. The highest BCUT2D eigenvalue weighted by Gasteiger charge is 2.50. The Bertz CT molecular complexity index is 930. The maximum atomic E-state index is 13.8. The van der Waals surface area contributed by atoms with Gasteiger partial charge in [-0.15, -0.1) is 0 Å². The minimum atomic E-state index is -0.604. The number of anilines is 1. The highest BCUT2D eigenvalue weighted by Crippen LogP contribution is 2.35. The molecular formula is C24H30N4O2. The third-order valence-corrected chi connectivity index (χ3v) is 6.18. The standard InChI is InChI=1S/C24H30N4O2/c1-24-17-27(15-18-9-5-4-6-10-18)16-20(24)23(30)28(14-13-26(2)3)21-12-8-7-11-19(21)22(29)25-24/h4-12,20H,13-17H2,1-3H3,(H,25,29)/t20-,24-/m0/s1. The zero-order valence-corrected chi connectivity index (χ0v) is 18.0. The molecule has 4 rings (SSSR count). The van der Waals surface area contributed by atoms with Gasteiger partial charge in [0.25, 0.3) is 5.91 Å². The van der Waals surface area contributed by atoms with Crippen molar-refractivity contribution in [1.82, 2.24) is 15.1 Å². The van der Waals surface area contributed by atoms with E-state index in [-0.39, 0.29) is 17.7 Å². The minimum absolute atomic E-state index is 0.0855. The van der Waals surface area contributed by atoms with Gasteiger partial charge < -0.3 is 15.1 Å². The van der Waals surface area contributed by atoms with Gasteiger partial charge in [-0.25, -0.2) is 0 Å². The summed E-state index contributed by atoms with van der Waals surface area (Å²) < 4.78 is 0. The lowest BCUT2D eigenvalue weighted by atomic mass is 9.86. The van der Waals surface area contributed by atoms with E-state index < -0.39 is 5.54 Å². The maximum absolute atomic E-state index is 13.8. The van der Waals surface area contributed by atoms with Crippen LogP contribution in [0.15, 0.2) is 54.6 Å². The number of carbonyl (C=O) groups is 2. The number of para-hydroxylation sites is 1. The zero-order chi connectivity index (χ0) is 21.3. The van der Waals surface area contributed by atoms with Crippen molar-refractivity contribution in [2.24, 2.45) is 5.92 Å². The Hall–Kier alpha value is -2.70. The first kappa shape index (κ1) is 20.6. The summed E-state index contributed by atoms with van der Waals surface area (Å²) in [5.74, 6) is -0.315. The second-order valence-electron chi connectivity index (χ2n) is 8.89. The molecule has 2 amide bonds. The number of rotatable bonds is 5. The largest absolute Gasteiger partial charge is 0.345 e. The molecule has 0 radical (unpaired) electrons. The Balaban J connectivity index is 1.67. The summed E-state index contributed by atoms with van der Waals surface area (Å²) in [5.41, 5.74) is 1.87. The van der Waals surface area contributed by atoms with Crippen molar-refractivity contribution in [2.45, 2.75) is 19.0 Å². The summed E-state index contributed by atoms with van der Waals surface area (Å²) in [4.78, 5) is 33.1. The summed E-state index contributed by atoms with van der Waals surface area (Å²) in [6.45, 7) is 5.34. The van der Waals surface area contributed by atoms with Gasteiger partial charge in [-0.3, -0.25) is 14.5 Å². The molecule has 6 nitrogen and oxygen atoms in total. The van der Waals surface area contributed by atoms with E-state index in [9.17, 15) is 9.59 Å². The van der Waals surface area contributed by atoms with Crippen LogP contribution in [-0.2, 0) is 11.3 Å². The average molecular weight is 407 g/mol. The number of nitrogens with zero attached hydrogens (tertiary/aromatic N) is 3. The van der Waals surface area contributed by atoms with Crippen LogP contribution < -0.4 is 10.2 Å². The molecule has 2 aliphatic heterocycles. The van der Waals surface area contributed by atoms with Crippen LogP contribution in [0.25, 0.3) is 0 Å². The fraction of sp³-hybridized carbons (Fsp3) is 0.417. The van der Waals surface area contributed by atoms with E-state index in [0.717, 1.165) is 13.1 Å². The molecule has 2 atom stereocenters. The second-order valence-corrected chi connectivity index (χ2v) is 8.89. The van der Waals surface area contributed by atoms with Crippen LogP contribution in [0.3, 0.4) is 0 Å². The Morgan fingerprint density at radius 2 is 1.77 bits per heavy atom. The van der Waals surface area contributed by atoms with Crippen LogP contribution >= 0.6 is 0 Å². The molecule has 0 aliphatic carbocycles. The predicted octanol–water partition coefficient (Wildman–Crippen LogP) is 2.22. The van der Waals surface area contributed by atoms with E-state index in [0.29, 0.717) is 30.9 Å². The molecule has 0 spiro atoms. The Kier molecular flexibility index (Phi) is 5.62. The van der Waals surface area contributed by atoms with Crippen LogP contribution in [0.5, 0.6) is 0 Å². The normalized spacial score (nSPS) is 24.3. The molecule has 2 aromatic rings. The smallest absolute Gasteiger partial charge is 0.253 e. The summed E-state index contributed by atoms with van der Waals surface area (Å²) >= 11 is 0. The third-order valence-electron chi connectivity index (χ3n) is 6.18.